The van der Waals surface area contributed by atoms with Crippen LogP contribution >= 0.6 is 23.8 Å². The summed E-state index contributed by atoms with van der Waals surface area (Å²) < 4.78 is 3.64. The van der Waals surface area contributed by atoms with Crippen LogP contribution in [-0.2, 0) is 0 Å². The summed E-state index contributed by atoms with van der Waals surface area (Å²) in [6, 6.07) is 5.46. The van der Waals surface area contributed by atoms with Crippen molar-refractivity contribution in [1.29, 1.82) is 0 Å². The Morgan fingerprint density at radius 3 is 2.89 bits per heavy atom. The molecule has 92 valence electrons. The van der Waals surface area contributed by atoms with Crippen LogP contribution in [0.5, 0.6) is 0 Å². The van der Waals surface area contributed by atoms with Gasteiger partial charge in [0.2, 0.25) is 0 Å². The number of nitrogens with one attached hydrogen (secondary N) is 1. The number of hydrogen-bond acceptors (Lipinski definition) is 5. The fourth-order valence-corrected chi connectivity index (χ4v) is 2.26. The van der Waals surface area contributed by atoms with Crippen molar-refractivity contribution < 1.29 is 4.79 Å². The molecule has 5 nitrogen and oxygen atoms in total. The first-order valence-corrected chi connectivity index (χ1v) is 6.32. The number of nitrogens with two attached hydrogens (primary N) is 1. The van der Waals surface area contributed by atoms with E-state index in [2.05, 4.69) is 14.9 Å². The second-order valence-electron chi connectivity index (χ2n) is 3.61. The fourth-order valence-electron chi connectivity index (χ4n) is 1.55. The molecule has 0 radical (unpaired) electrons. The monoisotopic (exact) mass is 278 g/mol. The molecule has 2 aromatic rings. The average Bonchev–Trinajstić information content (AvgIpc) is 2.81. The lowest BCUT2D eigenvalue weighted by atomic mass is 10.1. The van der Waals surface area contributed by atoms with E-state index >= 15 is 0 Å². The molecule has 0 unspecified atom stereocenters. The van der Waals surface area contributed by atoms with E-state index in [0.29, 0.717) is 11.3 Å². The summed E-state index contributed by atoms with van der Waals surface area (Å²) in [5.41, 5.74) is 8.11. The molecule has 18 heavy (non-hydrogen) atoms. The van der Waals surface area contributed by atoms with E-state index in [0.717, 1.165) is 17.1 Å². The van der Waals surface area contributed by atoms with E-state index in [1.54, 1.807) is 11.4 Å². The zero-order chi connectivity index (χ0) is 13.1. The van der Waals surface area contributed by atoms with Gasteiger partial charge in [-0.05, 0) is 30.1 Å². The number of carbonyl (C=O) groups excluding carboxylic acids is 1. The van der Waals surface area contributed by atoms with Crippen molar-refractivity contribution in [2.45, 2.75) is 6.92 Å². The van der Waals surface area contributed by atoms with E-state index in [9.17, 15) is 4.79 Å². The smallest absolute Gasteiger partial charge is 0.277 e. The molecule has 0 saturated carbocycles. The van der Waals surface area contributed by atoms with Crippen LogP contribution in [-0.4, -0.2) is 20.5 Å². The molecule has 0 spiro atoms. The van der Waals surface area contributed by atoms with E-state index in [-0.39, 0.29) is 16.6 Å². The highest BCUT2D eigenvalue weighted by molar-refractivity contribution is 7.80. The minimum Gasteiger partial charge on any atom is -0.389 e. The highest BCUT2D eigenvalue weighted by Gasteiger charge is 2.13. The molecule has 2 rings (SSSR count). The zero-order valence-electron chi connectivity index (χ0n) is 9.51. The third kappa shape index (κ3) is 2.52. The highest BCUT2D eigenvalue weighted by atomic mass is 32.1. The molecule has 1 amide bonds. The van der Waals surface area contributed by atoms with E-state index < -0.39 is 0 Å². The van der Waals surface area contributed by atoms with Gasteiger partial charge in [0, 0.05) is 10.9 Å². The molecular formula is C11H10N4OS2. The molecule has 0 fully saturated rings. The second kappa shape index (κ2) is 5.19. The zero-order valence-corrected chi connectivity index (χ0v) is 11.1. The topological polar surface area (TPSA) is 80.9 Å². The molecule has 3 N–H and O–H groups in total. The number of carbonyl (C=O) groups is 1. The van der Waals surface area contributed by atoms with E-state index in [1.807, 2.05) is 19.1 Å². The average molecular weight is 278 g/mol. The summed E-state index contributed by atoms with van der Waals surface area (Å²) in [5, 5.41) is 8.01. The van der Waals surface area contributed by atoms with Crippen LogP contribution in [0.15, 0.2) is 23.6 Å². The Hall–Kier alpha value is -1.86. The van der Waals surface area contributed by atoms with Gasteiger partial charge in [0.05, 0.1) is 5.69 Å². The number of aryl methyl sites for hydroxylation is 1. The summed E-state index contributed by atoms with van der Waals surface area (Å²) in [4.78, 5) is 12.1. The van der Waals surface area contributed by atoms with Crippen molar-refractivity contribution in [3.05, 3.63) is 40.4 Å². The van der Waals surface area contributed by atoms with Crippen molar-refractivity contribution >= 4 is 40.3 Å². The quantitative estimate of drug-likeness (QED) is 0.836. The molecule has 1 aromatic heterocycles. The summed E-state index contributed by atoms with van der Waals surface area (Å²) in [6.07, 6.45) is 0. The SMILES string of the molecule is Cc1cccc(NC(=O)c2csnn2)c1C(N)=S. The first-order chi connectivity index (χ1) is 8.59. The van der Waals surface area contributed by atoms with Gasteiger partial charge in [-0.15, -0.1) is 5.10 Å². The van der Waals surface area contributed by atoms with Gasteiger partial charge in [-0.1, -0.05) is 28.8 Å². The minimum absolute atomic E-state index is 0.250. The Morgan fingerprint density at radius 2 is 2.28 bits per heavy atom. The predicted molar refractivity (Wildman–Crippen MR) is 74.9 cm³/mol. The highest BCUT2D eigenvalue weighted by Crippen LogP contribution is 2.20. The van der Waals surface area contributed by atoms with Crippen molar-refractivity contribution in [1.82, 2.24) is 9.59 Å². The Morgan fingerprint density at radius 1 is 1.50 bits per heavy atom. The lowest BCUT2D eigenvalue weighted by molar-refractivity contribution is 0.102. The number of thiocarbonyl (C=S) groups is 1. The molecular weight excluding hydrogens is 268 g/mol. The van der Waals surface area contributed by atoms with E-state index in [1.165, 1.54) is 0 Å². The maximum atomic E-state index is 11.9. The molecule has 1 heterocycles. The van der Waals surface area contributed by atoms with Gasteiger partial charge in [-0.2, -0.15) is 0 Å². The number of aromatic nitrogens is 2. The van der Waals surface area contributed by atoms with Crippen molar-refractivity contribution in [2.75, 3.05) is 5.32 Å². The molecule has 0 aliphatic heterocycles. The van der Waals surface area contributed by atoms with Gasteiger partial charge in [0.1, 0.15) is 4.99 Å². The van der Waals surface area contributed by atoms with Gasteiger partial charge in [0.25, 0.3) is 5.91 Å². The van der Waals surface area contributed by atoms with E-state index in [4.69, 9.17) is 18.0 Å². The van der Waals surface area contributed by atoms with Gasteiger partial charge in [-0.25, -0.2) is 0 Å². The number of anilines is 1. The summed E-state index contributed by atoms with van der Waals surface area (Å²) in [6.45, 7) is 1.88. The standard InChI is InChI=1S/C11H10N4OS2/c1-6-3-2-4-7(9(6)10(12)17)13-11(16)8-5-18-15-14-8/h2-5H,1H3,(H2,12,17)(H,13,16). The number of amides is 1. The van der Waals surface area contributed by atoms with Crippen LogP contribution < -0.4 is 11.1 Å². The molecule has 7 heteroatoms. The molecule has 0 saturated heterocycles. The van der Waals surface area contributed by atoms with Crippen LogP contribution in [0.1, 0.15) is 21.6 Å². The molecule has 1 aromatic carbocycles. The normalized spacial score (nSPS) is 10.1. The first-order valence-electron chi connectivity index (χ1n) is 5.07. The fraction of sp³-hybridized carbons (Fsp3) is 0.0909. The van der Waals surface area contributed by atoms with Crippen LogP contribution in [0.2, 0.25) is 0 Å². The first kappa shape index (κ1) is 12.6. The van der Waals surface area contributed by atoms with Crippen LogP contribution in [0.4, 0.5) is 5.69 Å². The van der Waals surface area contributed by atoms with Crippen molar-refractivity contribution in [3.8, 4) is 0 Å². The Kier molecular flexibility index (Phi) is 3.63. The number of benzene rings is 1. The predicted octanol–water partition coefficient (Wildman–Crippen LogP) is 1.73. The minimum atomic E-state index is -0.327. The van der Waals surface area contributed by atoms with Gasteiger partial charge in [0.15, 0.2) is 5.69 Å². The largest absolute Gasteiger partial charge is 0.389 e. The number of nitrogens with zero attached hydrogens (tertiary/aromatic N) is 2. The van der Waals surface area contributed by atoms with Gasteiger partial charge >= 0.3 is 0 Å². The number of hydrogen-bond donors (Lipinski definition) is 2. The Balaban J connectivity index is 2.32. The van der Waals surface area contributed by atoms with Crippen molar-refractivity contribution in [2.24, 2.45) is 5.73 Å². The lowest BCUT2D eigenvalue weighted by Crippen LogP contribution is -2.19. The second-order valence-corrected chi connectivity index (χ2v) is 4.66. The van der Waals surface area contributed by atoms with Crippen LogP contribution in [0.25, 0.3) is 0 Å². The van der Waals surface area contributed by atoms with Gasteiger partial charge < -0.3 is 11.1 Å². The Labute approximate surface area is 113 Å². The third-order valence-corrected chi connectivity index (χ3v) is 3.07. The van der Waals surface area contributed by atoms with Crippen molar-refractivity contribution in [3.63, 3.8) is 0 Å². The summed E-state index contributed by atoms with van der Waals surface area (Å²) in [7, 11) is 0. The maximum Gasteiger partial charge on any atom is 0.277 e. The maximum absolute atomic E-state index is 11.9. The summed E-state index contributed by atoms with van der Waals surface area (Å²) >= 11 is 6.11. The summed E-state index contributed by atoms with van der Waals surface area (Å²) in [5.74, 6) is -0.327. The molecule has 0 aliphatic rings. The molecule has 0 bridgehead atoms. The van der Waals surface area contributed by atoms with Crippen LogP contribution in [0, 0.1) is 6.92 Å². The molecule has 0 aliphatic carbocycles. The molecule has 0 atom stereocenters. The van der Waals surface area contributed by atoms with Gasteiger partial charge in [-0.3, -0.25) is 4.79 Å². The Bertz CT molecular complexity index is 595. The lowest BCUT2D eigenvalue weighted by Gasteiger charge is -2.11. The number of rotatable bonds is 3. The third-order valence-electron chi connectivity index (χ3n) is 2.36. The van der Waals surface area contributed by atoms with Crippen LogP contribution in [0.3, 0.4) is 0 Å².